The summed E-state index contributed by atoms with van der Waals surface area (Å²) in [6.07, 6.45) is 5.31. The predicted octanol–water partition coefficient (Wildman–Crippen LogP) is 4.10. The number of aromatic nitrogens is 3. The summed E-state index contributed by atoms with van der Waals surface area (Å²) in [7, 11) is 3.72. The summed E-state index contributed by atoms with van der Waals surface area (Å²) in [6.45, 7) is 3.01. The van der Waals surface area contributed by atoms with Crippen molar-refractivity contribution in [2.24, 2.45) is 0 Å². The second kappa shape index (κ2) is 9.40. The number of ether oxygens (including phenoxy) is 1. The van der Waals surface area contributed by atoms with Crippen LogP contribution in [0.5, 0.6) is 0 Å². The molecule has 7 nitrogen and oxygen atoms in total. The lowest BCUT2D eigenvalue weighted by atomic mass is 10.1. The number of pyridine rings is 1. The number of hydrogen-bond acceptors (Lipinski definition) is 7. The third-order valence-electron chi connectivity index (χ3n) is 5.07. The Morgan fingerprint density at radius 1 is 1.22 bits per heavy atom. The van der Waals surface area contributed by atoms with Crippen molar-refractivity contribution in [3.05, 3.63) is 64.9 Å². The molecule has 0 aliphatic heterocycles. The van der Waals surface area contributed by atoms with E-state index in [4.69, 9.17) is 4.74 Å². The molecule has 1 unspecified atom stereocenters. The number of rotatable bonds is 7. The minimum absolute atomic E-state index is 0.575. The Morgan fingerprint density at radius 3 is 2.88 bits per heavy atom. The monoisotopic (exact) mass is 447 g/mol. The van der Waals surface area contributed by atoms with Crippen molar-refractivity contribution in [2.75, 3.05) is 37.5 Å². The van der Waals surface area contributed by atoms with Crippen LogP contribution in [0.25, 0.3) is 11.0 Å². The third-order valence-corrected chi connectivity index (χ3v) is 6.05. The molecule has 3 N–H and O–H groups in total. The van der Waals surface area contributed by atoms with Crippen molar-refractivity contribution in [3.8, 4) is 11.8 Å². The molecule has 8 heteroatoms. The van der Waals surface area contributed by atoms with Gasteiger partial charge in [-0.2, -0.15) is 0 Å². The Kier molecular flexibility index (Phi) is 6.42. The number of methoxy groups -OCH3 is 1. The maximum atomic E-state index is 10.7. The Bertz CT molecular complexity index is 1250. The molecule has 3 aromatic heterocycles. The van der Waals surface area contributed by atoms with Gasteiger partial charge in [0.15, 0.2) is 5.60 Å². The van der Waals surface area contributed by atoms with Crippen LogP contribution >= 0.6 is 11.3 Å². The lowest BCUT2D eigenvalue weighted by molar-refractivity contribution is 0.122. The fourth-order valence-electron chi connectivity index (χ4n) is 3.32. The number of aliphatic hydroxyl groups is 1. The highest BCUT2D eigenvalue weighted by molar-refractivity contribution is 7.09. The van der Waals surface area contributed by atoms with Gasteiger partial charge in [-0.1, -0.05) is 11.8 Å². The van der Waals surface area contributed by atoms with Gasteiger partial charge in [0.25, 0.3) is 0 Å². The van der Waals surface area contributed by atoms with Crippen molar-refractivity contribution in [1.82, 2.24) is 15.0 Å². The molecule has 4 rings (SSSR count). The summed E-state index contributed by atoms with van der Waals surface area (Å²) in [6, 6.07) is 9.90. The number of nitrogens with zero attached hydrogens (tertiary/aromatic N) is 3. The van der Waals surface area contributed by atoms with E-state index in [0.717, 1.165) is 40.2 Å². The molecular weight excluding hydrogens is 422 g/mol. The molecule has 0 aliphatic rings. The summed E-state index contributed by atoms with van der Waals surface area (Å²) in [5, 5.41) is 17.6. The van der Waals surface area contributed by atoms with Crippen LogP contribution in [0.15, 0.2) is 54.3 Å². The normalized spacial score (nSPS) is 12.8. The van der Waals surface area contributed by atoms with Gasteiger partial charge in [-0.3, -0.25) is 0 Å². The highest BCUT2D eigenvalue weighted by Crippen LogP contribution is 2.32. The highest BCUT2D eigenvalue weighted by Gasteiger charge is 2.23. The number of anilines is 3. The van der Waals surface area contributed by atoms with Gasteiger partial charge in [-0.25, -0.2) is 9.97 Å². The largest absolute Gasteiger partial charge is 0.383 e. The van der Waals surface area contributed by atoms with Gasteiger partial charge in [0, 0.05) is 55.6 Å². The van der Waals surface area contributed by atoms with E-state index in [0.29, 0.717) is 11.6 Å². The van der Waals surface area contributed by atoms with Gasteiger partial charge < -0.3 is 25.0 Å². The lowest BCUT2D eigenvalue weighted by Gasteiger charge is -2.23. The second-order valence-corrected chi connectivity index (χ2v) is 8.42. The van der Waals surface area contributed by atoms with Crippen molar-refractivity contribution in [1.29, 1.82) is 0 Å². The van der Waals surface area contributed by atoms with Crippen molar-refractivity contribution >= 4 is 39.4 Å². The predicted molar refractivity (Wildman–Crippen MR) is 130 cm³/mol. The van der Waals surface area contributed by atoms with Gasteiger partial charge in [0.2, 0.25) is 0 Å². The minimum Gasteiger partial charge on any atom is -0.383 e. The van der Waals surface area contributed by atoms with Crippen LogP contribution in [0.4, 0.5) is 17.1 Å². The number of nitrogens with one attached hydrogen (secondary N) is 2. The first-order valence-electron chi connectivity index (χ1n) is 10.2. The van der Waals surface area contributed by atoms with Crippen LogP contribution in [0.1, 0.15) is 17.5 Å². The number of H-pyrrole nitrogens is 1. The van der Waals surface area contributed by atoms with E-state index in [1.165, 1.54) is 11.3 Å². The molecule has 0 aliphatic carbocycles. The highest BCUT2D eigenvalue weighted by atomic mass is 32.1. The van der Waals surface area contributed by atoms with Crippen LogP contribution in [-0.4, -0.2) is 47.4 Å². The zero-order chi connectivity index (χ0) is 22.6. The summed E-state index contributed by atoms with van der Waals surface area (Å²) in [4.78, 5) is 13.8. The number of benzene rings is 1. The average Bonchev–Trinajstić information content (AvgIpc) is 3.49. The van der Waals surface area contributed by atoms with Crippen LogP contribution in [0.2, 0.25) is 0 Å². The summed E-state index contributed by atoms with van der Waals surface area (Å²) >= 11 is 1.38. The van der Waals surface area contributed by atoms with Crippen LogP contribution < -0.4 is 10.2 Å². The number of fused-ring (bicyclic) bond motifs is 1. The molecule has 0 amide bonds. The summed E-state index contributed by atoms with van der Waals surface area (Å²) in [5.41, 5.74) is 3.15. The van der Waals surface area contributed by atoms with E-state index < -0.39 is 5.60 Å². The molecule has 0 bridgehead atoms. The van der Waals surface area contributed by atoms with Crippen molar-refractivity contribution in [2.45, 2.75) is 12.5 Å². The molecule has 164 valence electrons. The molecule has 3 heterocycles. The van der Waals surface area contributed by atoms with Crippen LogP contribution in [0.3, 0.4) is 0 Å². The molecule has 0 saturated heterocycles. The van der Waals surface area contributed by atoms with Gasteiger partial charge >= 0.3 is 0 Å². The first-order valence-corrected chi connectivity index (χ1v) is 11.0. The lowest BCUT2D eigenvalue weighted by Crippen LogP contribution is -2.23. The number of likely N-dealkylation sites (N-methyl/N-ethyl adjacent to an activating group) is 1. The van der Waals surface area contributed by atoms with Gasteiger partial charge in [0.1, 0.15) is 10.7 Å². The van der Waals surface area contributed by atoms with Crippen LogP contribution in [-0.2, 0) is 10.3 Å². The fourth-order valence-corrected chi connectivity index (χ4v) is 3.97. The molecule has 0 spiro atoms. The molecule has 32 heavy (non-hydrogen) atoms. The average molecular weight is 448 g/mol. The number of hydrogen-bond donors (Lipinski definition) is 3. The maximum absolute atomic E-state index is 10.7. The molecule has 0 saturated carbocycles. The first kappa shape index (κ1) is 21.8. The number of aromatic amines is 1. The Morgan fingerprint density at radius 2 is 2.09 bits per heavy atom. The van der Waals surface area contributed by atoms with E-state index in [9.17, 15) is 5.11 Å². The van der Waals surface area contributed by atoms with Crippen molar-refractivity contribution in [3.63, 3.8) is 0 Å². The molecule has 0 radical (unpaired) electrons. The van der Waals surface area contributed by atoms with Gasteiger partial charge in [0.05, 0.1) is 23.7 Å². The Hall–Kier alpha value is -3.38. The SMILES string of the molecule is COCCN(C)c1ccc(C#CC(C)(O)c2nccs2)cc1Nc1ccnc2[nH]ccc12. The van der Waals surface area contributed by atoms with Crippen LogP contribution in [0, 0.1) is 11.8 Å². The third kappa shape index (κ3) is 4.75. The van der Waals surface area contributed by atoms with Crippen molar-refractivity contribution < 1.29 is 9.84 Å². The molecule has 4 aromatic rings. The van der Waals surface area contributed by atoms with Gasteiger partial charge in [-0.05, 0) is 37.3 Å². The van der Waals surface area contributed by atoms with E-state index >= 15 is 0 Å². The maximum Gasteiger partial charge on any atom is 0.174 e. The molecular formula is C24H25N5O2S. The quantitative estimate of drug-likeness (QED) is 0.370. The molecule has 1 aromatic carbocycles. The fraction of sp³-hybridized carbons (Fsp3) is 0.250. The Balaban J connectivity index is 1.70. The zero-order valence-corrected chi connectivity index (χ0v) is 19.0. The number of thiazole rings is 1. The van der Waals surface area contributed by atoms with Gasteiger partial charge in [-0.15, -0.1) is 11.3 Å². The van der Waals surface area contributed by atoms with E-state index in [2.05, 4.69) is 37.0 Å². The summed E-state index contributed by atoms with van der Waals surface area (Å²) < 4.78 is 5.24. The molecule has 0 fully saturated rings. The molecule has 1 atom stereocenters. The van der Waals surface area contributed by atoms with E-state index in [1.54, 1.807) is 26.4 Å². The van der Waals surface area contributed by atoms with E-state index in [1.807, 2.05) is 49.0 Å². The smallest absolute Gasteiger partial charge is 0.174 e. The Labute approximate surface area is 191 Å². The second-order valence-electron chi connectivity index (χ2n) is 7.53. The topological polar surface area (TPSA) is 86.3 Å². The first-order chi connectivity index (χ1) is 15.5. The zero-order valence-electron chi connectivity index (χ0n) is 18.2. The standard InChI is InChI=1S/C24H25N5O2S/c1-24(30,23-27-12-15-32-23)9-6-17-4-5-21(29(2)13-14-31-3)20(16-17)28-19-8-11-26-22-18(19)7-10-25-22/h4-5,7-8,10-12,15-16,30H,13-14H2,1-3H3,(H2,25,26,28). The van der Waals surface area contributed by atoms with E-state index in [-0.39, 0.29) is 0 Å². The summed E-state index contributed by atoms with van der Waals surface area (Å²) in [5.74, 6) is 6.06. The minimum atomic E-state index is -1.31.